The molecule has 0 saturated heterocycles. The number of hydrogen-bond donors (Lipinski definition) is 2. The van der Waals surface area contributed by atoms with E-state index < -0.39 is 0 Å². The molecule has 0 aliphatic heterocycles. The SMILES string of the molecule is CNC(=O)C(CCCN)=C(C)C. The van der Waals surface area contributed by atoms with E-state index in [-0.39, 0.29) is 5.91 Å². The first-order chi connectivity index (χ1) is 5.63. The highest BCUT2D eigenvalue weighted by atomic mass is 16.1. The summed E-state index contributed by atoms with van der Waals surface area (Å²) in [6.07, 6.45) is 1.65. The number of likely N-dealkylation sites (N-methyl/N-ethyl adjacent to an activating group) is 1. The zero-order chi connectivity index (χ0) is 9.56. The number of carbonyl (C=O) groups is 1. The van der Waals surface area contributed by atoms with Gasteiger partial charge in [0.25, 0.3) is 0 Å². The third-order valence-corrected chi connectivity index (χ3v) is 1.74. The average molecular weight is 170 g/mol. The van der Waals surface area contributed by atoms with Crippen molar-refractivity contribution in [2.24, 2.45) is 5.73 Å². The van der Waals surface area contributed by atoms with Crippen molar-refractivity contribution in [1.82, 2.24) is 5.32 Å². The van der Waals surface area contributed by atoms with Crippen molar-refractivity contribution < 1.29 is 4.79 Å². The fraction of sp³-hybridized carbons (Fsp3) is 0.667. The maximum atomic E-state index is 11.2. The molecule has 0 bridgehead atoms. The van der Waals surface area contributed by atoms with Gasteiger partial charge in [0.1, 0.15) is 0 Å². The molecule has 0 atom stereocenters. The van der Waals surface area contributed by atoms with E-state index in [1.54, 1.807) is 7.05 Å². The Balaban J connectivity index is 4.26. The van der Waals surface area contributed by atoms with Crippen LogP contribution in [0.25, 0.3) is 0 Å². The fourth-order valence-corrected chi connectivity index (χ4v) is 1.02. The Bertz CT molecular complexity index is 181. The van der Waals surface area contributed by atoms with E-state index >= 15 is 0 Å². The molecule has 0 heterocycles. The van der Waals surface area contributed by atoms with Gasteiger partial charge in [-0.05, 0) is 33.2 Å². The highest BCUT2D eigenvalue weighted by Crippen LogP contribution is 2.09. The zero-order valence-electron chi connectivity index (χ0n) is 8.11. The summed E-state index contributed by atoms with van der Waals surface area (Å²) < 4.78 is 0. The van der Waals surface area contributed by atoms with Crippen LogP contribution in [0, 0.1) is 0 Å². The van der Waals surface area contributed by atoms with Gasteiger partial charge in [-0.1, -0.05) is 5.57 Å². The fourth-order valence-electron chi connectivity index (χ4n) is 1.02. The largest absolute Gasteiger partial charge is 0.355 e. The molecule has 0 radical (unpaired) electrons. The van der Waals surface area contributed by atoms with Crippen LogP contribution in [0.4, 0.5) is 0 Å². The first-order valence-corrected chi connectivity index (χ1v) is 4.22. The van der Waals surface area contributed by atoms with Crippen molar-refractivity contribution >= 4 is 5.91 Å². The summed E-state index contributed by atoms with van der Waals surface area (Å²) in [6.45, 7) is 4.52. The monoisotopic (exact) mass is 170 g/mol. The van der Waals surface area contributed by atoms with Crippen molar-refractivity contribution in [3.63, 3.8) is 0 Å². The Morgan fingerprint density at radius 2 is 2.00 bits per heavy atom. The van der Waals surface area contributed by atoms with Crippen LogP contribution in [0.2, 0.25) is 0 Å². The predicted octanol–water partition coefficient (Wildman–Crippen LogP) is 0.808. The first-order valence-electron chi connectivity index (χ1n) is 4.22. The predicted molar refractivity (Wildman–Crippen MR) is 50.7 cm³/mol. The van der Waals surface area contributed by atoms with Crippen LogP contribution in [0.5, 0.6) is 0 Å². The minimum Gasteiger partial charge on any atom is -0.355 e. The molecular formula is C9H18N2O. The molecule has 0 unspecified atom stereocenters. The lowest BCUT2D eigenvalue weighted by molar-refractivity contribution is -0.117. The first kappa shape index (κ1) is 11.2. The van der Waals surface area contributed by atoms with Gasteiger partial charge in [-0.2, -0.15) is 0 Å². The number of carbonyl (C=O) groups excluding carboxylic acids is 1. The van der Waals surface area contributed by atoms with Gasteiger partial charge in [-0.3, -0.25) is 4.79 Å². The molecule has 3 N–H and O–H groups in total. The summed E-state index contributed by atoms with van der Waals surface area (Å²) in [5, 5.41) is 2.62. The summed E-state index contributed by atoms with van der Waals surface area (Å²) in [4.78, 5) is 11.2. The van der Waals surface area contributed by atoms with Gasteiger partial charge in [-0.25, -0.2) is 0 Å². The van der Waals surface area contributed by atoms with Crippen molar-refractivity contribution in [1.29, 1.82) is 0 Å². The molecule has 0 aliphatic carbocycles. The second-order valence-corrected chi connectivity index (χ2v) is 2.95. The second-order valence-electron chi connectivity index (χ2n) is 2.95. The van der Waals surface area contributed by atoms with Crippen LogP contribution in [-0.2, 0) is 4.79 Å². The van der Waals surface area contributed by atoms with Crippen LogP contribution in [-0.4, -0.2) is 19.5 Å². The summed E-state index contributed by atoms with van der Waals surface area (Å²) >= 11 is 0. The van der Waals surface area contributed by atoms with Gasteiger partial charge in [0.15, 0.2) is 0 Å². The summed E-state index contributed by atoms with van der Waals surface area (Å²) in [5.41, 5.74) is 7.30. The Morgan fingerprint density at radius 1 is 1.42 bits per heavy atom. The van der Waals surface area contributed by atoms with Crippen LogP contribution < -0.4 is 11.1 Å². The van der Waals surface area contributed by atoms with Gasteiger partial charge in [0.05, 0.1) is 0 Å². The van der Waals surface area contributed by atoms with E-state index in [2.05, 4.69) is 5.32 Å². The number of nitrogens with one attached hydrogen (secondary N) is 1. The third kappa shape index (κ3) is 3.53. The molecule has 70 valence electrons. The number of nitrogens with two attached hydrogens (primary N) is 1. The Kier molecular flexibility index (Phi) is 5.37. The molecule has 0 fully saturated rings. The van der Waals surface area contributed by atoms with E-state index in [0.717, 1.165) is 24.0 Å². The molecule has 0 aromatic rings. The van der Waals surface area contributed by atoms with Gasteiger partial charge in [0.2, 0.25) is 5.91 Å². The molecule has 12 heavy (non-hydrogen) atoms. The van der Waals surface area contributed by atoms with E-state index in [1.807, 2.05) is 13.8 Å². The van der Waals surface area contributed by atoms with Crippen molar-refractivity contribution in [2.75, 3.05) is 13.6 Å². The Hall–Kier alpha value is -0.830. The van der Waals surface area contributed by atoms with Crippen LogP contribution in [0.1, 0.15) is 26.7 Å². The zero-order valence-corrected chi connectivity index (χ0v) is 8.11. The van der Waals surface area contributed by atoms with Crippen LogP contribution >= 0.6 is 0 Å². The number of hydrogen-bond acceptors (Lipinski definition) is 2. The molecule has 0 spiro atoms. The number of allylic oxidation sites excluding steroid dienone is 1. The Morgan fingerprint density at radius 3 is 2.33 bits per heavy atom. The molecule has 0 aromatic carbocycles. The lowest BCUT2D eigenvalue weighted by Gasteiger charge is -2.06. The third-order valence-electron chi connectivity index (χ3n) is 1.74. The van der Waals surface area contributed by atoms with Crippen molar-refractivity contribution in [3.05, 3.63) is 11.1 Å². The number of rotatable bonds is 4. The van der Waals surface area contributed by atoms with Crippen LogP contribution in [0.3, 0.4) is 0 Å². The standard InChI is InChI=1S/C9H18N2O/c1-7(2)8(5-4-6-10)9(12)11-3/h4-6,10H2,1-3H3,(H,11,12). The topological polar surface area (TPSA) is 55.1 Å². The van der Waals surface area contributed by atoms with Gasteiger partial charge in [-0.15, -0.1) is 0 Å². The summed E-state index contributed by atoms with van der Waals surface area (Å²) in [6, 6.07) is 0. The lowest BCUT2D eigenvalue weighted by atomic mass is 10.0. The quantitative estimate of drug-likeness (QED) is 0.613. The average Bonchev–Trinajstić information content (AvgIpc) is 2.04. The minimum atomic E-state index is 0.0171. The summed E-state index contributed by atoms with van der Waals surface area (Å²) in [5.74, 6) is 0.0171. The molecule has 0 saturated carbocycles. The Labute approximate surface area is 74.0 Å². The molecule has 3 nitrogen and oxygen atoms in total. The van der Waals surface area contributed by atoms with Crippen molar-refractivity contribution in [2.45, 2.75) is 26.7 Å². The minimum absolute atomic E-state index is 0.0171. The highest BCUT2D eigenvalue weighted by molar-refractivity contribution is 5.93. The molecule has 0 aliphatic rings. The van der Waals surface area contributed by atoms with Crippen LogP contribution in [0.15, 0.2) is 11.1 Å². The normalized spacial score (nSPS) is 9.33. The van der Waals surface area contributed by atoms with E-state index in [1.165, 1.54) is 0 Å². The van der Waals surface area contributed by atoms with Crippen molar-refractivity contribution in [3.8, 4) is 0 Å². The molecular weight excluding hydrogens is 152 g/mol. The lowest BCUT2D eigenvalue weighted by Crippen LogP contribution is -2.21. The molecule has 3 heteroatoms. The van der Waals surface area contributed by atoms with E-state index in [9.17, 15) is 4.79 Å². The highest BCUT2D eigenvalue weighted by Gasteiger charge is 2.07. The second kappa shape index (κ2) is 5.77. The van der Waals surface area contributed by atoms with Gasteiger partial charge >= 0.3 is 0 Å². The van der Waals surface area contributed by atoms with E-state index in [0.29, 0.717) is 6.54 Å². The maximum Gasteiger partial charge on any atom is 0.246 e. The molecule has 0 aromatic heterocycles. The number of amides is 1. The molecule has 0 rings (SSSR count). The summed E-state index contributed by atoms with van der Waals surface area (Å²) in [7, 11) is 1.65. The van der Waals surface area contributed by atoms with Gasteiger partial charge in [0, 0.05) is 12.6 Å². The maximum absolute atomic E-state index is 11.2. The van der Waals surface area contributed by atoms with E-state index in [4.69, 9.17) is 5.73 Å². The smallest absolute Gasteiger partial charge is 0.246 e. The molecule has 1 amide bonds. The van der Waals surface area contributed by atoms with Gasteiger partial charge < -0.3 is 11.1 Å².